The maximum absolute atomic E-state index is 14.5. The fourth-order valence-electron chi connectivity index (χ4n) is 2.44. The van der Waals surface area contributed by atoms with Gasteiger partial charge in [-0.2, -0.15) is 0 Å². The molecule has 0 N–H and O–H groups in total. The van der Waals surface area contributed by atoms with E-state index >= 15 is 0 Å². The van der Waals surface area contributed by atoms with Crippen molar-refractivity contribution >= 4 is 0 Å². The Bertz CT molecular complexity index is 876. The first-order valence-electron chi connectivity index (χ1n) is 9.89. The number of hydrogen-bond acceptors (Lipinski definition) is 0. The number of halogens is 1. The van der Waals surface area contributed by atoms with Crippen LogP contribution in [-0.2, 0) is 12.5 Å². The molecule has 0 saturated heterocycles. The van der Waals surface area contributed by atoms with Gasteiger partial charge in [0.2, 0.25) is 5.69 Å². The molecule has 1 heterocycles. The fourth-order valence-corrected chi connectivity index (χ4v) is 2.44. The topological polar surface area (TPSA) is 3.88 Å². The van der Waals surface area contributed by atoms with Crippen LogP contribution in [0.3, 0.4) is 0 Å². The van der Waals surface area contributed by atoms with Crippen molar-refractivity contribution in [2.75, 3.05) is 0 Å². The van der Waals surface area contributed by atoms with E-state index < -0.39 is 19.1 Å². The molecule has 0 spiro atoms. The van der Waals surface area contributed by atoms with Crippen molar-refractivity contribution in [1.82, 2.24) is 0 Å². The van der Waals surface area contributed by atoms with Crippen LogP contribution >= 0.6 is 0 Å². The van der Waals surface area contributed by atoms with E-state index in [1.54, 1.807) is 24.6 Å². The van der Waals surface area contributed by atoms with Gasteiger partial charge in [-0.15, -0.1) is 0 Å². The standard InChI is InChI=1S/C19H25FN/c1-12-9-18(21(7)11-14(12)3)15-10-16(19(4,5)6)17(20)8-13(15)2/h8-11H,1-7H3/q+1/i1D3,3D3. The molecule has 2 aromatic rings. The van der Waals surface area contributed by atoms with Gasteiger partial charge in [0, 0.05) is 25.4 Å². The van der Waals surface area contributed by atoms with E-state index in [1.807, 2.05) is 20.8 Å². The average Bonchev–Trinajstić information content (AvgIpc) is 2.44. The van der Waals surface area contributed by atoms with Gasteiger partial charge in [-0.3, -0.25) is 0 Å². The summed E-state index contributed by atoms with van der Waals surface area (Å²) >= 11 is 0. The van der Waals surface area contributed by atoms with Crippen LogP contribution in [0.25, 0.3) is 11.3 Å². The Morgan fingerprint density at radius 1 is 1.05 bits per heavy atom. The summed E-state index contributed by atoms with van der Waals surface area (Å²) < 4.78 is 62.4. The number of hydrogen-bond donors (Lipinski definition) is 0. The molecule has 0 aliphatic rings. The van der Waals surface area contributed by atoms with Gasteiger partial charge in [0.05, 0.1) is 0 Å². The Morgan fingerprint density at radius 2 is 1.71 bits per heavy atom. The van der Waals surface area contributed by atoms with Crippen molar-refractivity contribution in [1.29, 1.82) is 0 Å². The van der Waals surface area contributed by atoms with Crippen LogP contribution in [0.5, 0.6) is 0 Å². The fraction of sp³-hybridized carbons (Fsp3) is 0.421. The van der Waals surface area contributed by atoms with Crippen LogP contribution in [0, 0.1) is 26.4 Å². The zero-order chi connectivity index (χ0) is 20.9. The first-order valence-corrected chi connectivity index (χ1v) is 6.89. The molecule has 0 radical (unpaired) electrons. The van der Waals surface area contributed by atoms with E-state index in [-0.39, 0.29) is 16.9 Å². The molecule has 21 heavy (non-hydrogen) atoms. The predicted octanol–water partition coefficient (Wildman–Crippen LogP) is 4.54. The molecule has 1 aromatic heterocycles. The largest absolute Gasteiger partial charge is 0.212 e. The van der Waals surface area contributed by atoms with E-state index in [0.29, 0.717) is 22.4 Å². The summed E-state index contributed by atoms with van der Waals surface area (Å²) in [5.74, 6) is -0.318. The summed E-state index contributed by atoms with van der Waals surface area (Å²) in [6, 6.07) is 4.54. The summed E-state index contributed by atoms with van der Waals surface area (Å²) in [4.78, 5) is 0. The number of aromatic nitrogens is 1. The third kappa shape index (κ3) is 2.99. The van der Waals surface area contributed by atoms with E-state index in [2.05, 4.69) is 0 Å². The number of aryl methyl sites for hydroxylation is 4. The zero-order valence-corrected chi connectivity index (χ0v) is 13.1. The Balaban J connectivity index is 2.85. The molecule has 2 rings (SSSR count). The summed E-state index contributed by atoms with van der Waals surface area (Å²) in [6.07, 6.45) is 1.34. The third-order valence-electron chi connectivity index (χ3n) is 3.67. The minimum absolute atomic E-state index is 0.204. The molecular formula is C19H25FN+. The van der Waals surface area contributed by atoms with E-state index in [1.165, 1.54) is 18.3 Å². The minimum atomic E-state index is -2.58. The van der Waals surface area contributed by atoms with E-state index in [9.17, 15) is 4.39 Å². The molecule has 112 valence electrons. The summed E-state index contributed by atoms with van der Waals surface area (Å²) in [6.45, 7) is 2.32. The van der Waals surface area contributed by atoms with Crippen molar-refractivity contribution in [3.05, 3.63) is 52.5 Å². The monoisotopic (exact) mass is 292 g/mol. The SMILES string of the molecule is [2H]C([2H])([2H])c1cc(-c2cc(C(C)(C)C)c(F)cc2C)[n+](C)cc1C([2H])([2H])[2H]. The molecule has 0 atom stereocenters. The summed E-state index contributed by atoms with van der Waals surface area (Å²) in [5.41, 5.74) is 1.51. The molecule has 0 aliphatic carbocycles. The highest BCUT2D eigenvalue weighted by atomic mass is 19.1. The number of pyridine rings is 1. The molecule has 0 amide bonds. The number of benzene rings is 1. The van der Waals surface area contributed by atoms with Crippen molar-refractivity contribution in [3.63, 3.8) is 0 Å². The van der Waals surface area contributed by atoms with Gasteiger partial charge in [-0.25, -0.2) is 8.96 Å². The van der Waals surface area contributed by atoms with Gasteiger partial charge in [0.1, 0.15) is 12.9 Å². The third-order valence-corrected chi connectivity index (χ3v) is 3.67. The number of nitrogens with zero attached hydrogens (tertiary/aromatic N) is 1. The summed E-state index contributed by atoms with van der Waals surface area (Å²) in [7, 11) is 1.66. The van der Waals surface area contributed by atoms with E-state index in [4.69, 9.17) is 8.22 Å². The van der Waals surface area contributed by atoms with Crippen LogP contribution in [0.15, 0.2) is 24.4 Å². The molecule has 0 saturated carbocycles. The average molecular weight is 292 g/mol. The van der Waals surface area contributed by atoms with Crippen molar-refractivity contribution < 1.29 is 17.2 Å². The molecule has 2 heteroatoms. The second kappa shape index (κ2) is 5.25. The summed E-state index contributed by atoms with van der Waals surface area (Å²) in [5, 5.41) is 0. The van der Waals surface area contributed by atoms with Crippen LogP contribution in [0.4, 0.5) is 4.39 Å². The molecule has 0 bridgehead atoms. The van der Waals surface area contributed by atoms with Crippen LogP contribution in [0.2, 0.25) is 0 Å². The van der Waals surface area contributed by atoms with Crippen LogP contribution in [0.1, 0.15) is 51.2 Å². The minimum Gasteiger partial charge on any atom is -0.207 e. The van der Waals surface area contributed by atoms with Gasteiger partial charge in [-0.1, -0.05) is 20.8 Å². The Kier molecular flexibility index (Phi) is 2.34. The maximum Gasteiger partial charge on any atom is 0.212 e. The highest BCUT2D eigenvalue weighted by Gasteiger charge is 2.23. The Labute approximate surface area is 135 Å². The van der Waals surface area contributed by atoms with Gasteiger partial charge in [0.15, 0.2) is 6.20 Å². The zero-order valence-electron chi connectivity index (χ0n) is 19.1. The van der Waals surface area contributed by atoms with E-state index in [0.717, 1.165) is 0 Å². The Morgan fingerprint density at radius 3 is 2.29 bits per heavy atom. The lowest BCUT2D eigenvalue weighted by Crippen LogP contribution is -2.31. The second-order valence-corrected chi connectivity index (χ2v) is 6.49. The molecule has 1 aromatic carbocycles. The van der Waals surface area contributed by atoms with Gasteiger partial charge < -0.3 is 0 Å². The molecular weight excluding hydrogens is 261 g/mol. The molecule has 0 fully saturated rings. The smallest absolute Gasteiger partial charge is 0.207 e. The van der Waals surface area contributed by atoms with Crippen LogP contribution < -0.4 is 4.57 Å². The normalized spacial score (nSPS) is 17.2. The molecule has 1 nitrogen and oxygen atoms in total. The lowest BCUT2D eigenvalue weighted by Gasteiger charge is -2.21. The first-order chi connectivity index (χ1) is 12.0. The van der Waals surface area contributed by atoms with Crippen molar-refractivity contribution in [2.45, 2.75) is 46.8 Å². The van der Waals surface area contributed by atoms with Gasteiger partial charge in [-0.05, 0) is 54.9 Å². The highest BCUT2D eigenvalue weighted by Crippen LogP contribution is 2.31. The predicted molar refractivity (Wildman–Crippen MR) is 85.9 cm³/mol. The van der Waals surface area contributed by atoms with Gasteiger partial charge in [0.25, 0.3) is 0 Å². The lowest BCUT2D eigenvalue weighted by molar-refractivity contribution is -0.660. The lowest BCUT2D eigenvalue weighted by atomic mass is 9.84. The van der Waals surface area contributed by atoms with Crippen LogP contribution in [-0.4, -0.2) is 0 Å². The van der Waals surface area contributed by atoms with Crippen molar-refractivity contribution in [2.24, 2.45) is 7.05 Å². The maximum atomic E-state index is 14.5. The first kappa shape index (κ1) is 9.34. The Hall–Kier alpha value is -1.70. The highest BCUT2D eigenvalue weighted by molar-refractivity contribution is 5.63. The second-order valence-electron chi connectivity index (χ2n) is 6.49. The molecule has 0 unspecified atom stereocenters. The molecule has 0 aliphatic heterocycles. The van der Waals surface area contributed by atoms with Crippen molar-refractivity contribution in [3.8, 4) is 11.3 Å². The van der Waals surface area contributed by atoms with Gasteiger partial charge >= 0.3 is 0 Å². The quantitative estimate of drug-likeness (QED) is 0.679. The number of rotatable bonds is 1.